The maximum atomic E-state index is 13.0. The highest BCUT2D eigenvalue weighted by Gasteiger charge is 2.12. The van der Waals surface area contributed by atoms with E-state index in [2.05, 4.69) is 5.32 Å². The largest absolute Gasteiger partial charge is 0.497 e. The van der Waals surface area contributed by atoms with Gasteiger partial charge < -0.3 is 14.8 Å². The zero-order valence-electron chi connectivity index (χ0n) is 16.7. The monoisotopic (exact) mass is 387 g/mol. The fraction of sp³-hybridized carbons (Fsp3) is 0.160. The first-order chi connectivity index (χ1) is 14.2. The highest BCUT2D eigenvalue weighted by Crippen LogP contribution is 2.21. The predicted molar refractivity (Wildman–Crippen MR) is 117 cm³/mol. The third-order valence-corrected chi connectivity index (χ3v) is 4.44. The number of benzene rings is 3. The number of hydrogen-bond donors (Lipinski definition) is 1. The van der Waals surface area contributed by atoms with Crippen LogP contribution in [0.5, 0.6) is 11.5 Å². The molecule has 0 fully saturated rings. The minimum Gasteiger partial charge on any atom is -0.497 e. The molecule has 1 N–H and O–H groups in total. The first-order valence-electron chi connectivity index (χ1n) is 9.60. The standard InChI is InChI=1S/C25H25NO3/c1-3-29-23-15-11-20(12-16-23)18-26-25(27)24(21-7-5-4-6-8-21)17-19-9-13-22(28-2)14-10-19/h4-17H,3,18H2,1-2H3,(H,26,27)/b24-17+. The van der Waals surface area contributed by atoms with Gasteiger partial charge in [0.05, 0.1) is 13.7 Å². The molecule has 0 atom stereocenters. The van der Waals surface area contributed by atoms with E-state index in [1.54, 1.807) is 7.11 Å². The van der Waals surface area contributed by atoms with Gasteiger partial charge in [-0.15, -0.1) is 0 Å². The van der Waals surface area contributed by atoms with Gasteiger partial charge in [0.25, 0.3) is 5.91 Å². The summed E-state index contributed by atoms with van der Waals surface area (Å²) in [6.07, 6.45) is 1.89. The van der Waals surface area contributed by atoms with Crippen molar-refractivity contribution in [3.63, 3.8) is 0 Å². The van der Waals surface area contributed by atoms with Crippen molar-refractivity contribution in [2.75, 3.05) is 13.7 Å². The van der Waals surface area contributed by atoms with Crippen LogP contribution in [0.1, 0.15) is 23.6 Å². The molecule has 0 aliphatic carbocycles. The van der Waals surface area contributed by atoms with E-state index >= 15 is 0 Å². The Morgan fingerprint density at radius 3 is 2.17 bits per heavy atom. The number of carbonyl (C=O) groups is 1. The quantitative estimate of drug-likeness (QED) is 0.439. The van der Waals surface area contributed by atoms with Crippen molar-refractivity contribution in [3.8, 4) is 11.5 Å². The van der Waals surface area contributed by atoms with Gasteiger partial charge >= 0.3 is 0 Å². The van der Waals surface area contributed by atoms with Crippen LogP contribution in [0.2, 0.25) is 0 Å². The van der Waals surface area contributed by atoms with E-state index in [4.69, 9.17) is 9.47 Å². The highest BCUT2D eigenvalue weighted by atomic mass is 16.5. The molecule has 0 bridgehead atoms. The smallest absolute Gasteiger partial charge is 0.252 e. The summed E-state index contributed by atoms with van der Waals surface area (Å²) in [7, 11) is 1.63. The van der Waals surface area contributed by atoms with Gasteiger partial charge in [-0.1, -0.05) is 54.6 Å². The van der Waals surface area contributed by atoms with Crippen LogP contribution in [0.15, 0.2) is 78.9 Å². The van der Waals surface area contributed by atoms with Crippen LogP contribution in [-0.4, -0.2) is 19.6 Å². The maximum Gasteiger partial charge on any atom is 0.252 e. The molecule has 0 spiro atoms. The molecule has 0 radical (unpaired) electrons. The predicted octanol–water partition coefficient (Wildman–Crippen LogP) is 4.95. The van der Waals surface area contributed by atoms with E-state index in [1.807, 2.05) is 91.9 Å². The van der Waals surface area contributed by atoms with E-state index in [9.17, 15) is 4.79 Å². The van der Waals surface area contributed by atoms with Crippen molar-refractivity contribution >= 4 is 17.6 Å². The second kappa shape index (κ2) is 10.1. The van der Waals surface area contributed by atoms with Gasteiger partial charge in [-0.25, -0.2) is 0 Å². The zero-order chi connectivity index (χ0) is 20.5. The molecular weight excluding hydrogens is 362 g/mol. The van der Waals surface area contributed by atoms with E-state index in [0.29, 0.717) is 18.7 Å². The van der Waals surface area contributed by atoms with Crippen molar-refractivity contribution in [1.82, 2.24) is 5.32 Å². The van der Waals surface area contributed by atoms with Crippen LogP contribution < -0.4 is 14.8 Å². The van der Waals surface area contributed by atoms with Gasteiger partial charge in [0.15, 0.2) is 0 Å². The van der Waals surface area contributed by atoms with Crippen molar-refractivity contribution in [2.45, 2.75) is 13.5 Å². The lowest BCUT2D eigenvalue weighted by molar-refractivity contribution is -0.115. The number of hydrogen-bond acceptors (Lipinski definition) is 3. The molecule has 0 aliphatic rings. The first kappa shape index (κ1) is 20.2. The Kier molecular flexibility index (Phi) is 7.06. The molecule has 1 amide bonds. The van der Waals surface area contributed by atoms with Crippen LogP contribution in [0.4, 0.5) is 0 Å². The van der Waals surface area contributed by atoms with Gasteiger partial charge in [-0.05, 0) is 54.0 Å². The van der Waals surface area contributed by atoms with Crippen LogP contribution in [0.25, 0.3) is 11.6 Å². The number of methoxy groups -OCH3 is 1. The molecule has 148 valence electrons. The lowest BCUT2D eigenvalue weighted by atomic mass is 10.0. The molecule has 0 unspecified atom stereocenters. The van der Waals surface area contributed by atoms with E-state index in [1.165, 1.54) is 0 Å². The summed E-state index contributed by atoms with van der Waals surface area (Å²) in [5.41, 5.74) is 3.42. The molecule has 3 rings (SSSR count). The molecule has 0 aliphatic heterocycles. The van der Waals surface area contributed by atoms with Crippen LogP contribution >= 0.6 is 0 Å². The summed E-state index contributed by atoms with van der Waals surface area (Å²) >= 11 is 0. The summed E-state index contributed by atoms with van der Waals surface area (Å²) in [6, 6.07) is 25.0. The lowest BCUT2D eigenvalue weighted by Gasteiger charge is -2.11. The highest BCUT2D eigenvalue weighted by molar-refractivity contribution is 6.24. The summed E-state index contributed by atoms with van der Waals surface area (Å²) < 4.78 is 10.7. The van der Waals surface area contributed by atoms with Crippen molar-refractivity contribution < 1.29 is 14.3 Å². The summed E-state index contributed by atoms with van der Waals surface area (Å²) in [5, 5.41) is 3.02. The Labute approximate surface area is 171 Å². The molecule has 3 aromatic rings. The Morgan fingerprint density at radius 2 is 1.55 bits per heavy atom. The number of amides is 1. The second-order valence-corrected chi connectivity index (χ2v) is 6.46. The average molecular weight is 387 g/mol. The molecule has 0 saturated heterocycles. The molecule has 3 aromatic carbocycles. The van der Waals surface area contributed by atoms with Gasteiger partial charge in [0.1, 0.15) is 11.5 Å². The third kappa shape index (κ3) is 5.72. The molecule has 4 heteroatoms. The van der Waals surface area contributed by atoms with Crippen LogP contribution in [0, 0.1) is 0 Å². The molecule has 0 saturated carbocycles. The summed E-state index contributed by atoms with van der Waals surface area (Å²) in [6.45, 7) is 3.03. The summed E-state index contributed by atoms with van der Waals surface area (Å²) in [5.74, 6) is 1.48. The van der Waals surface area contributed by atoms with Crippen molar-refractivity contribution in [2.24, 2.45) is 0 Å². The zero-order valence-corrected chi connectivity index (χ0v) is 16.7. The number of ether oxygens (including phenoxy) is 2. The molecule has 0 heterocycles. The maximum absolute atomic E-state index is 13.0. The molecule has 4 nitrogen and oxygen atoms in total. The first-order valence-corrected chi connectivity index (χ1v) is 9.60. The fourth-order valence-corrected chi connectivity index (χ4v) is 2.91. The molecule has 0 aromatic heterocycles. The minimum absolute atomic E-state index is 0.124. The van der Waals surface area contributed by atoms with Crippen LogP contribution in [0.3, 0.4) is 0 Å². The summed E-state index contributed by atoms with van der Waals surface area (Å²) in [4.78, 5) is 13.0. The molecule has 29 heavy (non-hydrogen) atoms. The Balaban J connectivity index is 1.78. The normalized spacial score (nSPS) is 11.0. The van der Waals surface area contributed by atoms with Crippen molar-refractivity contribution in [3.05, 3.63) is 95.6 Å². The van der Waals surface area contributed by atoms with E-state index in [-0.39, 0.29) is 5.91 Å². The fourth-order valence-electron chi connectivity index (χ4n) is 2.91. The number of rotatable bonds is 8. The minimum atomic E-state index is -0.124. The van der Waals surface area contributed by atoms with Gasteiger partial charge in [-0.3, -0.25) is 4.79 Å². The Hall–Kier alpha value is -3.53. The van der Waals surface area contributed by atoms with Gasteiger partial charge in [0.2, 0.25) is 0 Å². The lowest BCUT2D eigenvalue weighted by Crippen LogP contribution is -2.23. The van der Waals surface area contributed by atoms with E-state index in [0.717, 1.165) is 28.2 Å². The Morgan fingerprint density at radius 1 is 0.897 bits per heavy atom. The third-order valence-electron chi connectivity index (χ3n) is 4.44. The molecular formula is C25H25NO3. The van der Waals surface area contributed by atoms with Gasteiger partial charge in [-0.2, -0.15) is 0 Å². The number of carbonyl (C=O) groups excluding carboxylic acids is 1. The second-order valence-electron chi connectivity index (χ2n) is 6.46. The van der Waals surface area contributed by atoms with E-state index < -0.39 is 0 Å². The van der Waals surface area contributed by atoms with Crippen LogP contribution in [-0.2, 0) is 11.3 Å². The van der Waals surface area contributed by atoms with Crippen molar-refractivity contribution in [1.29, 1.82) is 0 Å². The number of nitrogens with one attached hydrogen (secondary N) is 1. The SMILES string of the molecule is CCOc1ccc(CNC(=O)/C(=C/c2ccc(OC)cc2)c2ccccc2)cc1. The van der Waals surface area contributed by atoms with Gasteiger partial charge in [0, 0.05) is 12.1 Å². The topological polar surface area (TPSA) is 47.6 Å². The Bertz CT molecular complexity index is 946. The average Bonchev–Trinajstić information content (AvgIpc) is 2.78.